The van der Waals surface area contributed by atoms with Crippen LogP contribution in [-0.4, -0.2) is 74.8 Å². The summed E-state index contributed by atoms with van der Waals surface area (Å²) in [6, 6.07) is 13.7. The van der Waals surface area contributed by atoms with E-state index in [1.165, 1.54) is 13.4 Å². The SMILES string of the molecule is COc1ncc(-c2ccc3ncnc(-c4cccc(C(=O)N5CCN(C(C)=O)CC5)c4)c3c2)cn1. The zero-order chi connectivity index (χ0) is 24.4. The van der Waals surface area contributed by atoms with E-state index in [4.69, 9.17) is 4.74 Å². The Labute approximate surface area is 202 Å². The van der Waals surface area contributed by atoms with Crippen molar-refractivity contribution in [1.29, 1.82) is 0 Å². The standard InChI is InChI=1S/C26H24N6O3/c1-17(33)31-8-10-32(11-9-31)25(34)20-5-3-4-19(12-20)24-22-13-18(6-7-23(22)29-16-30-24)21-14-27-26(35-2)28-15-21/h3-7,12-16H,8-11H2,1-2H3. The number of benzene rings is 2. The molecule has 176 valence electrons. The quantitative estimate of drug-likeness (QED) is 0.454. The summed E-state index contributed by atoms with van der Waals surface area (Å²) in [7, 11) is 1.53. The van der Waals surface area contributed by atoms with Crippen LogP contribution in [-0.2, 0) is 4.79 Å². The predicted octanol–water partition coefficient (Wildman–Crippen LogP) is 3.07. The van der Waals surface area contributed by atoms with E-state index in [-0.39, 0.29) is 11.8 Å². The highest BCUT2D eigenvalue weighted by molar-refractivity contribution is 5.98. The van der Waals surface area contributed by atoms with Crippen LogP contribution in [0.15, 0.2) is 61.2 Å². The van der Waals surface area contributed by atoms with Crippen LogP contribution in [0.25, 0.3) is 33.3 Å². The Kier molecular flexibility index (Phi) is 6.05. The first-order valence-electron chi connectivity index (χ1n) is 11.3. The van der Waals surface area contributed by atoms with E-state index in [1.807, 2.05) is 42.5 Å². The van der Waals surface area contributed by atoms with Crippen LogP contribution in [0.3, 0.4) is 0 Å². The molecule has 3 heterocycles. The normalized spacial score (nSPS) is 13.7. The summed E-state index contributed by atoms with van der Waals surface area (Å²) in [6.07, 6.45) is 4.95. The van der Waals surface area contributed by atoms with Crippen LogP contribution in [0.4, 0.5) is 0 Å². The molecule has 2 aromatic carbocycles. The van der Waals surface area contributed by atoms with Crippen LogP contribution in [0.5, 0.6) is 6.01 Å². The average Bonchev–Trinajstić information content (AvgIpc) is 2.92. The van der Waals surface area contributed by atoms with Gasteiger partial charge in [0.05, 0.1) is 18.3 Å². The lowest BCUT2D eigenvalue weighted by Crippen LogP contribution is -2.50. The van der Waals surface area contributed by atoms with Crippen LogP contribution in [0.1, 0.15) is 17.3 Å². The number of piperazine rings is 1. The molecule has 0 N–H and O–H groups in total. The second-order valence-electron chi connectivity index (χ2n) is 8.29. The maximum atomic E-state index is 13.2. The Morgan fingerprint density at radius 2 is 1.57 bits per heavy atom. The first kappa shape index (κ1) is 22.4. The average molecular weight is 469 g/mol. The lowest BCUT2D eigenvalue weighted by atomic mass is 10.0. The molecule has 2 aromatic heterocycles. The summed E-state index contributed by atoms with van der Waals surface area (Å²) < 4.78 is 5.05. The zero-order valence-corrected chi connectivity index (χ0v) is 19.5. The second-order valence-corrected chi connectivity index (χ2v) is 8.29. The van der Waals surface area contributed by atoms with Crippen molar-refractivity contribution in [2.45, 2.75) is 6.92 Å². The summed E-state index contributed by atoms with van der Waals surface area (Å²) in [6.45, 7) is 3.70. The minimum absolute atomic E-state index is 0.0373. The Balaban J connectivity index is 1.47. The molecule has 1 saturated heterocycles. The Morgan fingerprint density at radius 3 is 2.29 bits per heavy atom. The molecular formula is C26H24N6O3. The van der Waals surface area contributed by atoms with Crippen LogP contribution < -0.4 is 4.74 Å². The van der Waals surface area contributed by atoms with Crippen molar-refractivity contribution in [1.82, 2.24) is 29.7 Å². The topological polar surface area (TPSA) is 101 Å². The summed E-state index contributed by atoms with van der Waals surface area (Å²) in [5.41, 5.74) is 4.72. The van der Waals surface area contributed by atoms with Crippen molar-refractivity contribution in [2.75, 3.05) is 33.3 Å². The van der Waals surface area contributed by atoms with Gasteiger partial charge >= 0.3 is 6.01 Å². The number of fused-ring (bicyclic) bond motifs is 1. The fourth-order valence-electron chi connectivity index (χ4n) is 4.24. The molecule has 0 aliphatic carbocycles. The van der Waals surface area contributed by atoms with E-state index in [9.17, 15) is 9.59 Å². The van der Waals surface area contributed by atoms with Gasteiger partial charge in [-0.05, 0) is 29.8 Å². The van der Waals surface area contributed by atoms with E-state index < -0.39 is 0 Å². The van der Waals surface area contributed by atoms with Gasteiger partial charge in [0.15, 0.2) is 0 Å². The molecule has 4 aromatic rings. The minimum Gasteiger partial charge on any atom is -0.467 e. The van der Waals surface area contributed by atoms with E-state index >= 15 is 0 Å². The largest absolute Gasteiger partial charge is 0.467 e. The van der Waals surface area contributed by atoms with Gasteiger partial charge in [0.1, 0.15) is 6.33 Å². The number of amides is 2. The molecule has 0 atom stereocenters. The summed E-state index contributed by atoms with van der Waals surface area (Å²) >= 11 is 0. The third-order valence-corrected chi connectivity index (χ3v) is 6.17. The van der Waals surface area contributed by atoms with Gasteiger partial charge < -0.3 is 14.5 Å². The summed E-state index contributed by atoms with van der Waals surface area (Å²) in [4.78, 5) is 45.7. The zero-order valence-electron chi connectivity index (χ0n) is 19.5. The number of aromatic nitrogens is 4. The third kappa shape index (κ3) is 4.52. The fourth-order valence-corrected chi connectivity index (χ4v) is 4.24. The highest BCUT2D eigenvalue weighted by atomic mass is 16.5. The van der Waals surface area contributed by atoms with Crippen LogP contribution >= 0.6 is 0 Å². The number of rotatable bonds is 4. The number of carbonyl (C=O) groups is 2. The predicted molar refractivity (Wildman–Crippen MR) is 131 cm³/mol. The maximum absolute atomic E-state index is 13.2. The molecule has 0 saturated carbocycles. The second kappa shape index (κ2) is 9.46. The highest BCUT2D eigenvalue weighted by Crippen LogP contribution is 2.30. The van der Waals surface area contributed by atoms with Gasteiger partial charge in [0.25, 0.3) is 5.91 Å². The molecule has 5 rings (SSSR count). The molecule has 1 fully saturated rings. The van der Waals surface area contributed by atoms with Crippen molar-refractivity contribution in [2.24, 2.45) is 0 Å². The van der Waals surface area contributed by atoms with Gasteiger partial charge in [0, 0.05) is 67.6 Å². The lowest BCUT2D eigenvalue weighted by molar-refractivity contribution is -0.130. The van der Waals surface area contributed by atoms with Gasteiger partial charge in [-0.25, -0.2) is 19.9 Å². The van der Waals surface area contributed by atoms with E-state index in [0.29, 0.717) is 37.8 Å². The van der Waals surface area contributed by atoms with E-state index in [0.717, 1.165) is 33.3 Å². The Hall–Kier alpha value is -4.40. The molecule has 2 amide bonds. The molecule has 0 radical (unpaired) electrons. The van der Waals surface area contributed by atoms with E-state index in [2.05, 4.69) is 19.9 Å². The Bertz CT molecular complexity index is 1400. The number of hydrogen-bond donors (Lipinski definition) is 0. The van der Waals surface area contributed by atoms with Crippen LogP contribution in [0, 0.1) is 0 Å². The first-order valence-corrected chi connectivity index (χ1v) is 11.3. The molecule has 0 unspecified atom stereocenters. The molecule has 35 heavy (non-hydrogen) atoms. The number of hydrogen-bond acceptors (Lipinski definition) is 7. The van der Waals surface area contributed by atoms with E-state index in [1.54, 1.807) is 29.1 Å². The number of ether oxygens (including phenoxy) is 1. The summed E-state index contributed by atoms with van der Waals surface area (Å²) in [5, 5.41) is 0.862. The molecule has 9 nitrogen and oxygen atoms in total. The smallest absolute Gasteiger partial charge is 0.316 e. The molecule has 1 aliphatic rings. The van der Waals surface area contributed by atoms with Crippen molar-refractivity contribution >= 4 is 22.7 Å². The number of methoxy groups -OCH3 is 1. The molecular weight excluding hydrogens is 444 g/mol. The fraction of sp³-hybridized carbons (Fsp3) is 0.231. The lowest BCUT2D eigenvalue weighted by Gasteiger charge is -2.34. The van der Waals surface area contributed by atoms with Crippen molar-refractivity contribution in [3.63, 3.8) is 0 Å². The molecule has 1 aliphatic heterocycles. The number of nitrogens with zero attached hydrogens (tertiary/aromatic N) is 6. The van der Waals surface area contributed by atoms with Gasteiger partial charge in [-0.2, -0.15) is 0 Å². The van der Waals surface area contributed by atoms with Gasteiger partial charge in [-0.1, -0.05) is 18.2 Å². The molecule has 0 bridgehead atoms. The maximum Gasteiger partial charge on any atom is 0.316 e. The minimum atomic E-state index is -0.0514. The Morgan fingerprint density at radius 1 is 0.829 bits per heavy atom. The summed E-state index contributed by atoms with van der Waals surface area (Å²) in [5.74, 6) is -0.0141. The number of carbonyl (C=O) groups excluding carboxylic acids is 2. The molecule has 9 heteroatoms. The monoisotopic (exact) mass is 468 g/mol. The third-order valence-electron chi connectivity index (χ3n) is 6.17. The van der Waals surface area contributed by atoms with Crippen molar-refractivity contribution in [3.05, 3.63) is 66.7 Å². The van der Waals surface area contributed by atoms with Gasteiger partial charge in [-0.3, -0.25) is 9.59 Å². The first-order chi connectivity index (χ1) is 17.0. The highest BCUT2D eigenvalue weighted by Gasteiger charge is 2.23. The van der Waals surface area contributed by atoms with Gasteiger partial charge in [-0.15, -0.1) is 0 Å². The molecule has 0 spiro atoms. The van der Waals surface area contributed by atoms with Crippen molar-refractivity contribution < 1.29 is 14.3 Å². The van der Waals surface area contributed by atoms with Crippen molar-refractivity contribution in [3.8, 4) is 28.4 Å². The van der Waals surface area contributed by atoms with Gasteiger partial charge in [0.2, 0.25) is 5.91 Å². The van der Waals surface area contributed by atoms with Crippen LogP contribution in [0.2, 0.25) is 0 Å².